The molecule has 7 nitrogen and oxygen atoms in total. The average Bonchev–Trinajstić information content (AvgIpc) is 2.93. The number of furan rings is 1. The van der Waals surface area contributed by atoms with Gasteiger partial charge in [0, 0.05) is 17.5 Å². The standard InChI is InChI=1S/C18H13Cl2NO6S/c1-10(22)26-17-15(23)16(13-9-11(19)7-8-14(13)20)27-18(17)21-28(24,25)12-5-3-2-4-6-12/h2-9,21,23H,1H3. The molecule has 3 aromatic rings. The molecule has 0 saturated carbocycles. The molecule has 0 atom stereocenters. The van der Waals surface area contributed by atoms with Gasteiger partial charge in [-0.2, -0.15) is 0 Å². The van der Waals surface area contributed by atoms with Gasteiger partial charge in [0.1, 0.15) is 0 Å². The number of ether oxygens (including phenoxy) is 1. The first kappa shape index (κ1) is 20.1. The van der Waals surface area contributed by atoms with E-state index in [1.54, 1.807) is 18.2 Å². The number of anilines is 1. The molecule has 0 unspecified atom stereocenters. The second-order valence-corrected chi connectivity index (χ2v) is 8.10. The van der Waals surface area contributed by atoms with E-state index in [2.05, 4.69) is 4.72 Å². The maximum Gasteiger partial charge on any atom is 0.308 e. The lowest BCUT2D eigenvalue weighted by Crippen LogP contribution is -2.13. The Kier molecular flexibility index (Phi) is 5.55. The molecule has 0 amide bonds. The first-order valence-electron chi connectivity index (χ1n) is 7.76. The van der Waals surface area contributed by atoms with Gasteiger partial charge in [0.2, 0.25) is 11.5 Å². The fourth-order valence-corrected chi connectivity index (χ4v) is 3.73. The normalized spacial score (nSPS) is 11.2. The molecule has 2 N–H and O–H groups in total. The van der Waals surface area contributed by atoms with E-state index in [0.717, 1.165) is 6.92 Å². The van der Waals surface area contributed by atoms with Gasteiger partial charge in [-0.05, 0) is 30.3 Å². The van der Waals surface area contributed by atoms with Gasteiger partial charge in [0.25, 0.3) is 15.9 Å². The van der Waals surface area contributed by atoms with Gasteiger partial charge < -0.3 is 14.3 Å². The third-order valence-corrected chi connectivity index (χ3v) is 5.45. The van der Waals surface area contributed by atoms with Crippen LogP contribution in [0.3, 0.4) is 0 Å². The highest BCUT2D eigenvalue weighted by atomic mass is 35.5. The number of halogens is 2. The minimum Gasteiger partial charge on any atom is -0.502 e. The minimum absolute atomic E-state index is 0.0537. The summed E-state index contributed by atoms with van der Waals surface area (Å²) in [7, 11) is -4.08. The van der Waals surface area contributed by atoms with Gasteiger partial charge >= 0.3 is 5.97 Å². The fraction of sp³-hybridized carbons (Fsp3) is 0.0556. The molecule has 0 saturated heterocycles. The first-order valence-corrected chi connectivity index (χ1v) is 10.0. The molecule has 0 aliphatic heterocycles. The van der Waals surface area contributed by atoms with Crippen LogP contribution in [-0.4, -0.2) is 19.5 Å². The zero-order chi connectivity index (χ0) is 20.5. The lowest BCUT2D eigenvalue weighted by atomic mass is 10.1. The van der Waals surface area contributed by atoms with Crippen LogP contribution in [0.25, 0.3) is 11.3 Å². The largest absolute Gasteiger partial charge is 0.502 e. The number of hydrogen-bond acceptors (Lipinski definition) is 6. The number of carbonyl (C=O) groups is 1. The van der Waals surface area contributed by atoms with Crippen LogP contribution in [0.4, 0.5) is 5.88 Å². The topological polar surface area (TPSA) is 106 Å². The van der Waals surface area contributed by atoms with Gasteiger partial charge in [-0.25, -0.2) is 13.1 Å². The number of aromatic hydroxyl groups is 1. The number of esters is 1. The van der Waals surface area contributed by atoms with E-state index in [-0.39, 0.29) is 21.2 Å². The SMILES string of the molecule is CC(=O)Oc1c(NS(=O)(=O)c2ccccc2)oc(-c2cc(Cl)ccc2Cl)c1O. The van der Waals surface area contributed by atoms with Crippen LogP contribution in [0.5, 0.6) is 11.5 Å². The Morgan fingerprint density at radius 3 is 2.46 bits per heavy atom. The summed E-state index contributed by atoms with van der Waals surface area (Å²) in [6.07, 6.45) is 0. The maximum atomic E-state index is 12.6. The molecule has 0 fully saturated rings. The Hall–Kier alpha value is -2.68. The van der Waals surface area contributed by atoms with Gasteiger partial charge in [-0.1, -0.05) is 41.4 Å². The number of nitrogens with one attached hydrogen (secondary N) is 1. The Bertz CT molecular complexity index is 1140. The predicted octanol–water partition coefficient (Wildman–Crippen LogP) is 4.69. The molecule has 146 valence electrons. The summed E-state index contributed by atoms with van der Waals surface area (Å²) in [5, 5.41) is 11.0. The number of rotatable bonds is 5. The van der Waals surface area contributed by atoms with E-state index in [0.29, 0.717) is 5.02 Å². The predicted molar refractivity (Wildman–Crippen MR) is 104 cm³/mol. The van der Waals surface area contributed by atoms with E-state index >= 15 is 0 Å². The van der Waals surface area contributed by atoms with Crippen molar-refractivity contribution in [3.05, 3.63) is 58.6 Å². The van der Waals surface area contributed by atoms with Crippen molar-refractivity contribution in [3.63, 3.8) is 0 Å². The summed E-state index contributed by atoms with van der Waals surface area (Å²) < 4.78 is 37.7. The zero-order valence-electron chi connectivity index (χ0n) is 14.3. The number of hydrogen-bond donors (Lipinski definition) is 2. The van der Waals surface area contributed by atoms with Crippen molar-refractivity contribution in [1.82, 2.24) is 0 Å². The molecule has 10 heteroatoms. The van der Waals surface area contributed by atoms with Crippen molar-refractivity contribution in [2.45, 2.75) is 11.8 Å². The van der Waals surface area contributed by atoms with Crippen LogP contribution in [0.15, 0.2) is 57.8 Å². The van der Waals surface area contributed by atoms with Gasteiger partial charge in [0.15, 0.2) is 5.76 Å². The zero-order valence-corrected chi connectivity index (χ0v) is 16.6. The number of carbonyl (C=O) groups excluding carboxylic acids is 1. The lowest BCUT2D eigenvalue weighted by molar-refractivity contribution is -0.131. The average molecular weight is 442 g/mol. The van der Waals surface area contributed by atoms with E-state index in [1.165, 1.54) is 30.3 Å². The van der Waals surface area contributed by atoms with Crippen LogP contribution in [0.1, 0.15) is 6.92 Å². The molecule has 0 aliphatic rings. The van der Waals surface area contributed by atoms with E-state index in [1.807, 2.05) is 0 Å². The molecular formula is C18H13Cl2NO6S. The smallest absolute Gasteiger partial charge is 0.308 e. The minimum atomic E-state index is -4.08. The summed E-state index contributed by atoms with van der Waals surface area (Å²) in [5.74, 6) is -2.58. The van der Waals surface area contributed by atoms with Crippen LogP contribution >= 0.6 is 23.2 Å². The molecule has 0 bridgehead atoms. The first-order chi connectivity index (χ1) is 13.2. The van der Waals surface area contributed by atoms with Crippen molar-refractivity contribution < 1.29 is 27.5 Å². The molecule has 2 aromatic carbocycles. The summed E-state index contributed by atoms with van der Waals surface area (Å²) in [6.45, 7) is 1.09. The van der Waals surface area contributed by atoms with Crippen molar-refractivity contribution >= 4 is 45.1 Å². The highest BCUT2D eigenvalue weighted by Crippen LogP contribution is 2.48. The molecule has 0 aliphatic carbocycles. The summed E-state index contributed by atoms with van der Waals surface area (Å²) in [6, 6.07) is 11.9. The molecular weight excluding hydrogens is 429 g/mol. The lowest BCUT2D eigenvalue weighted by Gasteiger charge is -2.07. The van der Waals surface area contributed by atoms with Crippen molar-refractivity contribution in [1.29, 1.82) is 0 Å². The van der Waals surface area contributed by atoms with Crippen LogP contribution in [0, 0.1) is 0 Å². The summed E-state index contributed by atoms with van der Waals surface area (Å²) in [5.41, 5.74) is 0.185. The van der Waals surface area contributed by atoms with Crippen molar-refractivity contribution in [3.8, 4) is 22.8 Å². The summed E-state index contributed by atoms with van der Waals surface area (Å²) >= 11 is 12.1. The molecule has 28 heavy (non-hydrogen) atoms. The Labute approximate surface area is 170 Å². The Morgan fingerprint density at radius 2 is 1.82 bits per heavy atom. The highest BCUT2D eigenvalue weighted by Gasteiger charge is 2.29. The van der Waals surface area contributed by atoms with Crippen LogP contribution in [0.2, 0.25) is 10.0 Å². The van der Waals surface area contributed by atoms with Crippen molar-refractivity contribution in [2.75, 3.05) is 4.72 Å². The Balaban J connectivity index is 2.13. The molecule has 0 radical (unpaired) electrons. The van der Waals surface area contributed by atoms with Crippen LogP contribution < -0.4 is 9.46 Å². The van der Waals surface area contributed by atoms with Crippen LogP contribution in [-0.2, 0) is 14.8 Å². The van der Waals surface area contributed by atoms with Crippen molar-refractivity contribution in [2.24, 2.45) is 0 Å². The van der Waals surface area contributed by atoms with E-state index in [9.17, 15) is 18.3 Å². The van der Waals surface area contributed by atoms with E-state index < -0.39 is 33.4 Å². The van der Waals surface area contributed by atoms with Gasteiger partial charge in [-0.3, -0.25) is 4.79 Å². The van der Waals surface area contributed by atoms with E-state index in [4.69, 9.17) is 32.4 Å². The quantitative estimate of drug-likeness (QED) is 0.556. The summed E-state index contributed by atoms with van der Waals surface area (Å²) in [4.78, 5) is 11.4. The third kappa shape index (κ3) is 4.09. The molecule has 3 rings (SSSR count). The second-order valence-electron chi connectivity index (χ2n) is 5.57. The Morgan fingerprint density at radius 1 is 1.14 bits per heavy atom. The monoisotopic (exact) mass is 441 g/mol. The van der Waals surface area contributed by atoms with Gasteiger partial charge in [-0.15, -0.1) is 0 Å². The second kappa shape index (κ2) is 7.75. The molecule has 0 spiro atoms. The number of sulfonamides is 1. The molecule has 1 aromatic heterocycles. The maximum absolute atomic E-state index is 12.6. The molecule has 1 heterocycles. The fourth-order valence-electron chi connectivity index (χ4n) is 2.35. The van der Waals surface area contributed by atoms with Gasteiger partial charge in [0.05, 0.1) is 9.92 Å². The third-order valence-electron chi connectivity index (χ3n) is 3.54. The highest BCUT2D eigenvalue weighted by molar-refractivity contribution is 7.92. The number of benzene rings is 2.